The number of carbonyl (C=O) groups excluding carboxylic acids is 1. The lowest BCUT2D eigenvalue weighted by atomic mass is 9.99. The highest BCUT2D eigenvalue weighted by molar-refractivity contribution is 6.18. The van der Waals surface area contributed by atoms with Crippen LogP contribution in [0, 0.1) is 5.92 Å². The number of alkyl halides is 1. The van der Waals surface area contributed by atoms with Gasteiger partial charge in [-0.25, -0.2) is 0 Å². The third-order valence-electron chi connectivity index (χ3n) is 3.72. The molecule has 1 amide bonds. The van der Waals surface area contributed by atoms with Crippen molar-refractivity contribution in [2.24, 2.45) is 5.92 Å². The van der Waals surface area contributed by atoms with E-state index in [-0.39, 0.29) is 17.9 Å². The second-order valence-electron chi connectivity index (χ2n) is 5.19. The van der Waals surface area contributed by atoms with Gasteiger partial charge in [-0.1, -0.05) is 18.2 Å². The van der Waals surface area contributed by atoms with Gasteiger partial charge in [0, 0.05) is 38.2 Å². The van der Waals surface area contributed by atoms with Crippen LogP contribution in [-0.2, 0) is 9.53 Å². The first-order valence-corrected chi connectivity index (χ1v) is 7.35. The molecule has 2 atom stereocenters. The van der Waals surface area contributed by atoms with Crippen LogP contribution in [0.4, 0.5) is 0 Å². The minimum atomic E-state index is -0.571. The monoisotopic (exact) mass is 300 g/mol. The van der Waals surface area contributed by atoms with Gasteiger partial charge in [-0.05, 0) is 6.42 Å². The zero-order chi connectivity index (χ0) is 14.5. The Morgan fingerprint density at radius 2 is 2.40 bits per heavy atom. The summed E-state index contributed by atoms with van der Waals surface area (Å²) in [6, 6.07) is 0. The molecule has 0 aromatic carbocycles. The molecule has 0 aromatic heterocycles. The summed E-state index contributed by atoms with van der Waals surface area (Å²) >= 11 is 5.57. The molecule has 0 bridgehead atoms. The number of nitrogens with zero attached hydrogens (tertiary/aromatic N) is 1. The van der Waals surface area contributed by atoms with E-state index in [1.807, 2.05) is 17.1 Å². The number of aliphatic hydroxyl groups is 1. The highest BCUT2D eigenvalue weighted by atomic mass is 35.5. The lowest BCUT2D eigenvalue weighted by Crippen LogP contribution is -2.56. The van der Waals surface area contributed by atoms with Crippen molar-refractivity contribution in [3.63, 3.8) is 0 Å². The Labute approximate surface area is 124 Å². The minimum absolute atomic E-state index is 0.0489. The Kier molecular flexibility index (Phi) is 5.60. The molecule has 1 saturated heterocycles. The zero-order valence-corrected chi connectivity index (χ0v) is 12.3. The second-order valence-corrected chi connectivity index (χ2v) is 5.50. The summed E-state index contributed by atoms with van der Waals surface area (Å²) < 4.78 is 5.19. The minimum Gasteiger partial charge on any atom is -0.377 e. The predicted octanol–water partition coefficient (Wildman–Crippen LogP) is 0.493. The summed E-state index contributed by atoms with van der Waals surface area (Å²) in [6.07, 6.45) is 5.83. The number of aliphatic hydroxyl groups excluding tert-OH is 1. The topological polar surface area (TPSA) is 61.8 Å². The number of halogens is 1. The van der Waals surface area contributed by atoms with Crippen molar-refractivity contribution in [3.05, 3.63) is 23.8 Å². The molecule has 0 saturated carbocycles. The molecule has 1 heterocycles. The SMILES string of the molecule is COC1C=CC(C(=O)NCC2CN(C(O)CCl)C2)=CC1. The average molecular weight is 301 g/mol. The van der Waals surface area contributed by atoms with Crippen LogP contribution < -0.4 is 5.32 Å². The van der Waals surface area contributed by atoms with E-state index in [4.69, 9.17) is 16.3 Å². The second kappa shape index (κ2) is 7.22. The van der Waals surface area contributed by atoms with Crippen molar-refractivity contribution >= 4 is 17.5 Å². The maximum atomic E-state index is 12.0. The summed E-state index contributed by atoms with van der Waals surface area (Å²) in [5.74, 6) is 0.557. The van der Waals surface area contributed by atoms with Crippen LogP contribution in [0.2, 0.25) is 0 Å². The molecule has 2 N–H and O–H groups in total. The number of ether oxygens (including phenoxy) is 1. The number of rotatable bonds is 6. The molecule has 112 valence electrons. The van der Waals surface area contributed by atoms with Gasteiger partial charge in [0.15, 0.2) is 0 Å². The molecule has 0 aromatic rings. The van der Waals surface area contributed by atoms with E-state index in [1.165, 1.54) is 0 Å². The molecular weight excluding hydrogens is 280 g/mol. The summed E-state index contributed by atoms with van der Waals surface area (Å²) in [7, 11) is 1.66. The van der Waals surface area contributed by atoms with E-state index in [9.17, 15) is 9.90 Å². The summed E-state index contributed by atoms with van der Waals surface area (Å²) in [4.78, 5) is 13.8. The van der Waals surface area contributed by atoms with Crippen LogP contribution >= 0.6 is 11.6 Å². The third-order valence-corrected chi connectivity index (χ3v) is 4.00. The maximum absolute atomic E-state index is 12.0. The Bertz CT molecular complexity index is 405. The van der Waals surface area contributed by atoms with Crippen LogP contribution in [0.5, 0.6) is 0 Å². The lowest BCUT2D eigenvalue weighted by Gasteiger charge is -2.41. The average Bonchev–Trinajstić information content (AvgIpc) is 2.45. The molecule has 1 aliphatic heterocycles. The van der Waals surface area contributed by atoms with Gasteiger partial charge >= 0.3 is 0 Å². The molecule has 6 heteroatoms. The molecule has 2 unspecified atom stereocenters. The fraction of sp³-hybridized carbons (Fsp3) is 0.643. The predicted molar refractivity (Wildman–Crippen MR) is 77.4 cm³/mol. The van der Waals surface area contributed by atoms with Gasteiger partial charge < -0.3 is 15.2 Å². The smallest absolute Gasteiger partial charge is 0.250 e. The molecule has 2 aliphatic rings. The van der Waals surface area contributed by atoms with E-state index in [2.05, 4.69) is 5.32 Å². The first-order valence-electron chi connectivity index (χ1n) is 6.81. The van der Waals surface area contributed by atoms with E-state index < -0.39 is 6.23 Å². The molecular formula is C14H21ClN2O3. The van der Waals surface area contributed by atoms with Crippen LogP contribution in [0.15, 0.2) is 23.8 Å². The number of likely N-dealkylation sites (tertiary alicyclic amines) is 1. The highest BCUT2D eigenvalue weighted by Crippen LogP contribution is 2.18. The lowest BCUT2D eigenvalue weighted by molar-refractivity contribution is -0.118. The highest BCUT2D eigenvalue weighted by Gasteiger charge is 2.31. The van der Waals surface area contributed by atoms with Crippen LogP contribution in [0.1, 0.15) is 6.42 Å². The van der Waals surface area contributed by atoms with Crippen molar-refractivity contribution in [1.82, 2.24) is 10.2 Å². The zero-order valence-electron chi connectivity index (χ0n) is 11.6. The number of methoxy groups -OCH3 is 1. The Hall–Kier alpha value is -0.880. The van der Waals surface area contributed by atoms with Gasteiger partial charge in [0.2, 0.25) is 0 Å². The molecule has 0 radical (unpaired) electrons. The number of hydrogen-bond acceptors (Lipinski definition) is 4. The van der Waals surface area contributed by atoms with Gasteiger partial charge in [0.1, 0.15) is 6.23 Å². The fourth-order valence-corrected chi connectivity index (χ4v) is 2.56. The number of hydrogen-bond donors (Lipinski definition) is 2. The van der Waals surface area contributed by atoms with Crippen LogP contribution in [-0.4, -0.2) is 60.9 Å². The fourth-order valence-electron chi connectivity index (χ4n) is 2.36. The third kappa shape index (κ3) is 3.82. The normalized spacial score (nSPS) is 24.9. The van der Waals surface area contributed by atoms with Crippen molar-refractivity contribution in [3.8, 4) is 0 Å². The molecule has 1 fully saturated rings. The number of nitrogens with one attached hydrogen (secondary N) is 1. The largest absolute Gasteiger partial charge is 0.377 e. The van der Waals surface area contributed by atoms with E-state index in [1.54, 1.807) is 13.2 Å². The van der Waals surface area contributed by atoms with E-state index >= 15 is 0 Å². The molecule has 0 spiro atoms. The molecule has 2 rings (SSSR count). The van der Waals surface area contributed by atoms with Crippen molar-refractivity contribution in [2.45, 2.75) is 18.8 Å². The van der Waals surface area contributed by atoms with Gasteiger partial charge in [-0.3, -0.25) is 9.69 Å². The summed E-state index contributed by atoms with van der Waals surface area (Å²) in [6.45, 7) is 2.17. The molecule has 5 nitrogen and oxygen atoms in total. The maximum Gasteiger partial charge on any atom is 0.250 e. The first-order chi connectivity index (χ1) is 9.63. The van der Waals surface area contributed by atoms with Gasteiger partial charge in [-0.15, -0.1) is 11.6 Å². The number of amides is 1. The van der Waals surface area contributed by atoms with Gasteiger partial charge in [0.25, 0.3) is 5.91 Å². The van der Waals surface area contributed by atoms with Crippen LogP contribution in [0.3, 0.4) is 0 Å². The summed E-state index contributed by atoms with van der Waals surface area (Å²) in [5.41, 5.74) is 0.690. The Balaban J connectivity index is 1.67. The Morgan fingerprint density at radius 3 is 2.95 bits per heavy atom. The quantitative estimate of drug-likeness (QED) is 0.701. The van der Waals surface area contributed by atoms with Gasteiger partial charge in [-0.2, -0.15) is 0 Å². The van der Waals surface area contributed by atoms with Crippen molar-refractivity contribution in [1.29, 1.82) is 0 Å². The molecule has 1 aliphatic carbocycles. The molecule has 20 heavy (non-hydrogen) atoms. The standard InChI is InChI=1S/C14H21ClN2O3/c1-20-12-4-2-11(3-5-12)14(19)16-7-10-8-17(9-10)13(18)6-15/h2-4,10,12-13,18H,5-9H2,1H3,(H,16,19). The first kappa shape index (κ1) is 15.5. The van der Waals surface area contributed by atoms with Crippen molar-refractivity contribution in [2.75, 3.05) is 32.6 Å². The van der Waals surface area contributed by atoms with Gasteiger partial charge in [0.05, 0.1) is 12.0 Å². The van der Waals surface area contributed by atoms with E-state index in [0.717, 1.165) is 19.5 Å². The van der Waals surface area contributed by atoms with E-state index in [0.29, 0.717) is 18.0 Å². The Morgan fingerprint density at radius 1 is 1.65 bits per heavy atom. The number of carbonyl (C=O) groups is 1. The van der Waals surface area contributed by atoms with Crippen LogP contribution in [0.25, 0.3) is 0 Å². The van der Waals surface area contributed by atoms with Crippen molar-refractivity contribution < 1.29 is 14.6 Å². The summed E-state index contributed by atoms with van der Waals surface area (Å²) in [5, 5.41) is 12.4.